The average molecular weight is 299 g/mol. The fraction of sp³-hybridized carbons (Fsp3) is 0.222. The van der Waals surface area contributed by atoms with E-state index >= 15 is 0 Å². The number of phenols is 1. The number of fused-ring (bicyclic) bond motifs is 1. The molecule has 0 aliphatic carbocycles. The van der Waals surface area contributed by atoms with Crippen molar-refractivity contribution in [2.24, 2.45) is 0 Å². The van der Waals surface area contributed by atoms with E-state index in [0.717, 1.165) is 17.3 Å². The molecule has 0 amide bonds. The quantitative estimate of drug-likeness (QED) is 0.698. The highest BCUT2D eigenvalue weighted by molar-refractivity contribution is 7.09. The predicted molar refractivity (Wildman–Crippen MR) is 92.2 cm³/mol. The van der Waals surface area contributed by atoms with Gasteiger partial charge in [0.25, 0.3) is 0 Å². The summed E-state index contributed by atoms with van der Waals surface area (Å²) in [5.74, 6) is 0.350. The smallest absolute Gasteiger partial charge is 0.123 e. The second-order valence-electron chi connectivity index (χ2n) is 4.78. The number of thiophene rings is 1. The molecule has 0 saturated heterocycles. The van der Waals surface area contributed by atoms with Gasteiger partial charge in [-0.15, -0.1) is 11.3 Å². The molecule has 3 rings (SSSR count). The maximum atomic E-state index is 9.37. The van der Waals surface area contributed by atoms with Gasteiger partial charge in [0.15, 0.2) is 0 Å². The molecule has 0 radical (unpaired) electrons. The van der Waals surface area contributed by atoms with Crippen LogP contribution in [0.25, 0.3) is 10.8 Å². The minimum Gasteiger partial charge on any atom is -0.507 e. The molecule has 0 saturated carbocycles. The van der Waals surface area contributed by atoms with Crippen LogP contribution in [0.3, 0.4) is 0 Å². The number of benzene rings is 2. The minimum absolute atomic E-state index is 0.350. The largest absolute Gasteiger partial charge is 0.507 e. The first-order chi connectivity index (χ1) is 10.3. The van der Waals surface area contributed by atoms with Crippen molar-refractivity contribution in [3.8, 4) is 5.75 Å². The van der Waals surface area contributed by atoms with E-state index in [1.54, 1.807) is 6.07 Å². The summed E-state index contributed by atoms with van der Waals surface area (Å²) in [4.78, 5) is 1.50. The molecule has 21 heavy (non-hydrogen) atoms. The molecule has 0 aliphatic rings. The van der Waals surface area contributed by atoms with Gasteiger partial charge in [-0.25, -0.2) is 0 Å². The van der Waals surface area contributed by atoms with E-state index in [1.165, 1.54) is 17.7 Å². The van der Waals surface area contributed by atoms with Crippen LogP contribution in [-0.4, -0.2) is 18.7 Å². The molecule has 0 bridgehead atoms. The molecule has 1 heterocycles. The van der Waals surface area contributed by atoms with Crippen LogP contribution in [0.1, 0.15) is 11.3 Å². The lowest BCUT2D eigenvalue weighted by Crippen LogP contribution is -2.07. The molecule has 2 nitrogen and oxygen atoms in total. The molecule has 0 fully saturated rings. The van der Waals surface area contributed by atoms with Gasteiger partial charge in [0.05, 0.1) is 0 Å². The summed E-state index contributed by atoms with van der Waals surface area (Å²) < 4.78 is 0. The highest BCUT2D eigenvalue weighted by atomic mass is 32.1. The summed E-state index contributed by atoms with van der Waals surface area (Å²) in [5.41, 5.74) is 0. The van der Waals surface area contributed by atoms with Gasteiger partial charge in [0.2, 0.25) is 0 Å². The van der Waals surface area contributed by atoms with Gasteiger partial charge >= 0.3 is 0 Å². The van der Waals surface area contributed by atoms with Crippen molar-refractivity contribution in [3.63, 3.8) is 0 Å². The summed E-state index contributed by atoms with van der Waals surface area (Å²) in [5, 5.41) is 16.6. The third-order valence-electron chi connectivity index (χ3n) is 3.20. The van der Waals surface area contributed by atoms with Crippen LogP contribution < -0.4 is 5.32 Å². The zero-order valence-corrected chi connectivity index (χ0v) is 13.1. The van der Waals surface area contributed by atoms with E-state index < -0.39 is 0 Å². The first-order valence-corrected chi connectivity index (χ1v) is 8.03. The molecule has 0 unspecified atom stereocenters. The summed E-state index contributed by atoms with van der Waals surface area (Å²) in [7, 11) is 1.99. The third-order valence-corrected chi connectivity index (χ3v) is 4.13. The van der Waals surface area contributed by atoms with Gasteiger partial charge in [-0.3, -0.25) is 0 Å². The summed E-state index contributed by atoms with van der Waals surface area (Å²) in [6.07, 6.45) is 2.47. The topological polar surface area (TPSA) is 32.3 Å². The van der Waals surface area contributed by atoms with E-state index in [0.29, 0.717) is 5.75 Å². The summed E-state index contributed by atoms with van der Waals surface area (Å²) >= 11 is 1.85. The Kier molecular flexibility index (Phi) is 6.25. The van der Waals surface area contributed by atoms with E-state index in [-0.39, 0.29) is 0 Å². The Hall–Kier alpha value is -1.84. The first-order valence-electron chi connectivity index (χ1n) is 7.15. The maximum absolute atomic E-state index is 9.37. The Balaban J connectivity index is 0.000000155. The van der Waals surface area contributed by atoms with Gasteiger partial charge in [0.1, 0.15) is 5.75 Å². The number of hydrogen-bond acceptors (Lipinski definition) is 3. The normalized spacial score (nSPS) is 10.1. The lowest BCUT2D eigenvalue weighted by Gasteiger charge is -1.97. The second-order valence-corrected chi connectivity index (χ2v) is 5.82. The fourth-order valence-electron chi connectivity index (χ4n) is 2.10. The average Bonchev–Trinajstić information content (AvgIpc) is 3.02. The lowest BCUT2D eigenvalue weighted by atomic mass is 10.1. The Bertz CT molecular complexity index is 644. The van der Waals surface area contributed by atoms with E-state index in [9.17, 15) is 5.11 Å². The van der Waals surface area contributed by atoms with Gasteiger partial charge in [-0.05, 0) is 49.3 Å². The van der Waals surface area contributed by atoms with Crippen molar-refractivity contribution in [2.75, 3.05) is 13.6 Å². The van der Waals surface area contributed by atoms with Crippen LogP contribution in [-0.2, 0) is 6.42 Å². The zero-order chi connectivity index (χ0) is 14.9. The van der Waals surface area contributed by atoms with E-state index in [2.05, 4.69) is 22.8 Å². The highest BCUT2D eigenvalue weighted by Gasteiger charge is 1.94. The molecule has 0 atom stereocenters. The fourth-order valence-corrected chi connectivity index (χ4v) is 2.85. The van der Waals surface area contributed by atoms with Crippen molar-refractivity contribution < 1.29 is 5.11 Å². The minimum atomic E-state index is 0.350. The lowest BCUT2D eigenvalue weighted by molar-refractivity contribution is 0.481. The number of nitrogens with one attached hydrogen (secondary N) is 1. The van der Waals surface area contributed by atoms with Crippen molar-refractivity contribution in [1.82, 2.24) is 5.32 Å². The van der Waals surface area contributed by atoms with Crippen LogP contribution in [0.2, 0.25) is 0 Å². The van der Waals surface area contributed by atoms with Gasteiger partial charge < -0.3 is 10.4 Å². The molecular weight excluding hydrogens is 278 g/mol. The van der Waals surface area contributed by atoms with Crippen LogP contribution in [0.4, 0.5) is 0 Å². The van der Waals surface area contributed by atoms with Crippen molar-refractivity contribution >= 4 is 22.1 Å². The van der Waals surface area contributed by atoms with E-state index in [1.807, 2.05) is 54.8 Å². The number of aromatic hydroxyl groups is 1. The highest BCUT2D eigenvalue weighted by Crippen LogP contribution is 2.22. The summed E-state index contributed by atoms with van der Waals surface area (Å²) in [6.45, 7) is 1.12. The van der Waals surface area contributed by atoms with Gasteiger partial charge in [-0.1, -0.05) is 42.5 Å². The zero-order valence-electron chi connectivity index (χ0n) is 12.3. The van der Waals surface area contributed by atoms with Crippen LogP contribution in [0.15, 0.2) is 60.0 Å². The Morgan fingerprint density at radius 2 is 1.81 bits per heavy atom. The predicted octanol–water partition coefficient (Wildman–Crippen LogP) is 4.45. The molecule has 110 valence electrons. The van der Waals surface area contributed by atoms with Crippen LogP contribution in [0, 0.1) is 0 Å². The monoisotopic (exact) mass is 299 g/mol. The van der Waals surface area contributed by atoms with Crippen molar-refractivity contribution in [1.29, 1.82) is 0 Å². The third kappa shape index (κ3) is 4.88. The van der Waals surface area contributed by atoms with Crippen LogP contribution >= 0.6 is 11.3 Å². The molecule has 0 aliphatic heterocycles. The Morgan fingerprint density at radius 3 is 2.52 bits per heavy atom. The summed E-state index contributed by atoms with van der Waals surface area (Å²) in [6, 6.07) is 17.6. The Morgan fingerprint density at radius 1 is 1.00 bits per heavy atom. The first kappa shape index (κ1) is 15.5. The number of rotatable bonds is 4. The second kappa shape index (κ2) is 8.45. The van der Waals surface area contributed by atoms with Crippen molar-refractivity contribution in [2.45, 2.75) is 12.8 Å². The molecule has 2 N–H and O–H groups in total. The van der Waals surface area contributed by atoms with E-state index in [4.69, 9.17) is 0 Å². The molecule has 3 heteroatoms. The molecule has 1 aromatic heterocycles. The maximum Gasteiger partial charge on any atom is 0.123 e. The molecule has 0 spiro atoms. The standard InChI is InChI=1S/C10H8O.C8H13NS/c11-10-7-3-5-8-4-1-2-6-9(8)10;1-9-6-2-4-8-5-3-7-10-8/h1-7,11H;3,5,7,9H,2,4,6H2,1H3. The SMILES string of the molecule is CNCCCc1cccs1.Oc1cccc2ccccc12. The number of aryl methyl sites for hydroxylation is 1. The van der Waals surface area contributed by atoms with Gasteiger partial charge in [0, 0.05) is 10.3 Å². The molecule has 2 aromatic carbocycles. The molecular formula is C18H21NOS. The Labute approximate surface area is 130 Å². The van der Waals surface area contributed by atoms with Gasteiger partial charge in [-0.2, -0.15) is 0 Å². The number of hydrogen-bond donors (Lipinski definition) is 2. The molecule has 3 aromatic rings. The van der Waals surface area contributed by atoms with Crippen LogP contribution in [0.5, 0.6) is 5.75 Å². The van der Waals surface area contributed by atoms with Crippen molar-refractivity contribution in [3.05, 3.63) is 64.9 Å². The number of phenolic OH excluding ortho intramolecular Hbond substituents is 1.